The Balaban J connectivity index is 1.55. The van der Waals surface area contributed by atoms with Gasteiger partial charge in [-0.15, -0.1) is 0 Å². The lowest BCUT2D eigenvalue weighted by atomic mass is 10.0. The number of aromatic amines is 1. The second-order valence-electron chi connectivity index (χ2n) is 17.5. The van der Waals surface area contributed by atoms with E-state index in [9.17, 15) is 43.5 Å². The average molecular weight is 1010 g/mol. The van der Waals surface area contributed by atoms with E-state index in [2.05, 4.69) is 47.5 Å². The first-order valence-corrected chi connectivity index (χ1v) is 26.2. The quantitative estimate of drug-likeness (QED) is 0.0516. The number of nitrogens with one attached hydrogen (secondary N) is 9. The molecule has 0 bridgehead atoms. The molecule has 23 heteroatoms. The molecule has 2 aliphatic rings. The third-order valence-electron chi connectivity index (χ3n) is 12.1. The summed E-state index contributed by atoms with van der Waals surface area (Å²) in [7, 11) is 2.15. The first-order valence-electron chi connectivity index (χ1n) is 23.8. The number of hydrogen-bond acceptors (Lipinski definition) is 14. The molecule has 5 rings (SSSR count). The summed E-state index contributed by atoms with van der Waals surface area (Å²) in [6.45, 7) is 2.50. The van der Waals surface area contributed by atoms with Gasteiger partial charge in [-0.1, -0.05) is 70.1 Å². The summed E-state index contributed by atoms with van der Waals surface area (Å²) < 4.78 is 0. The number of benzene rings is 2. The third kappa shape index (κ3) is 16.7. The van der Waals surface area contributed by atoms with Crippen molar-refractivity contribution in [3.63, 3.8) is 0 Å². The second kappa shape index (κ2) is 28.2. The molecule has 0 saturated carbocycles. The molecule has 0 aliphatic carbocycles. The van der Waals surface area contributed by atoms with Crippen molar-refractivity contribution in [1.29, 1.82) is 0 Å². The van der Waals surface area contributed by atoms with Crippen LogP contribution in [0.5, 0.6) is 0 Å². The number of aliphatic hydroxyl groups excluding tert-OH is 1. The summed E-state index contributed by atoms with van der Waals surface area (Å²) in [6.07, 6.45) is 3.49. The van der Waals surface area contributed by atoms with Gasteiger partial charge in [0.25, 0.3) is 0 Å². The smallest absolute Gasteiger partial charge is 0.245 e. The number of carbonyl (C=O) groups excluding carboxylic acids is 8. The highest BCUT2D eigenvalue weighted by molar-refractivity contribution is 8.76. The Bertz CT molecular complexity index is 2250. The molecule has 382 valence electrons. The van der Waals surface area contributed by atoms with E-state index in [1.807, 2.05) is 24.3 Å². The van der Waals surface area contributed by atoms with Crippen LogP contribution in [0.3, 0.4) is 0 Å². The molecule has 3 aromatic rings. The fourth-order valence-electron chi connectivity index (χ4n) is 8.12. The summed E-state index contributed by atoms with van der Waals surface area (Å²) >= 11 is 0. The molecule has 70 heavy (non-hydrogen) atoms. The first-order chi connectivity index (χ1) is 33.7. The number of para-hydroxylation sites is 1. The maximum atomic E-state index is 14.7. The number of fused-ring (bicyclic) bond motifs is 1. The molecule has 0 radical (unpaired) electrons. The number of primary amides is 1. The molecule has 9 atom stereocenters. The molecule has 21 nitrogen and oxygen atoms in total. The van der Waals surface area contributed by atoms with Crippen LogP contribution in [0.25, 0.3) is 10.9 Å². The van der Waals surface area contributed by atoms with Crippen LogP contribution in [0.4, 0.5) is 0 Å². The van der Waals surface area contributed by atoms with E-state index in [-0.39, 0.29) is 43.7 Å². The van der Waals surface area contributed by atoms with Gasteiger partial charge in [-0.25, -0.2) is 0 Å². The van der Waals surface area contributed by atoms with Crippen molar-refractivity contribution >= 4 is 79.7 Å². The topological polar surface area (TPSA) is 347 Å². The standard InChI is InChI=1S/C47H68N12O9S2/c1-27(60)39-47(68)58-38(45(66)53-32(40(50)61)16-7-9-19-48)26-70-69-25-37(57-41(62)33-18-11-21-51-33)46(67)55-35(22-28-12-3-2-4-13-28)43(64)56-36(23-29-24-52-31-15-6-5-14-30(29)31)44(65)54-34(42(63)59-39)17-8-10-20-49/h2-6,12-15,24,27,32-39,51-52,60H,7-11,16-23,25-26,48-49H2,1H3,(H2,50,61)(H,53,66)(H,54,65)(H,55,67)(H,56,64)(H,57,62)(H,58,68)(H,59,63)/t27-,32+,33+,34?,35+,36-,37?,38+,39?/m1/s1. The maximum Gasteiger partial charge on any atom is 0.245 e. The van der Waals surface area contributed by atoms with E-state index in [0.29, 0.717) is 56.3 Å². The highest BCUT2D eigenvalue weighted by atomic mass is 33.1. The molecule has 2 saturated heterocycles. The van der Waals surface area contributed by atoms with Crippen LogP contribution in [-0.4, -0.2) is 143 Å². The zero-order valence-electron chi connectivity index (χ0n) is 39.3. The second-order valence-corrected chi connectivity index (χ2v) is 20.1. The number of hydrogen-bond donors (Lipinski definition) is 13. The highest BCUT2D eigenvalue weighted by Gasteiger charge is 2.37. The van der Waals surface area contributed by atoms with Crippen LogP contribution < -0.4 is 59.7 Å². The first kappa shape index (κ1) is 55.2. The van der Waals surface area contributed by atoms with Gasteiger partial charge in [0.15, 0.2) is 0 Å². The van der Waals surface area contributed by atoms with Crippen molar-refractivity contribution in [3.8, 4) is 0 Å². The molecule has 3 heterocycles. The zero-order valence-corrected chi connectivity index (χ0v) is 41.0. The Hall–Kier alpha value is -5.72. The molecule has 2 aliphatic heterocycles. The Morgan fingerprint density at radius 3 is 2.06 bits per heavy atom. The SMILES string of the molecule is C[C@@H](O)C1NC(=O)C(CCCCN)NC(=O)[C@@H](Cc2c[nH]c3ccccc23)NC(=O)[C@H](Cc2ccccc2)NC(=O)C(NC(=O)[C@@H]2CCCN2)CSSC[C@@H](C(=O)N[C@@H](CCCCN)C(N)=O)NC1=O. The van der Waals surface area contributed by atoms with E-state index in [0.717, 1.165) is 38.9 Å². The molecule has 16 N–H and O–H groups in total. The fourth-order valence-corrected chi connectivity index (χ4v) is 10.4. The normalized spacial score (nSPS) is 24.2. The molecule has 2 aromatic carbocycles. The predicted molar refractivity (Wildman–Crippen MR) is 268 cm³/mol. The van der Waals surface area contributed by atoms with E-state index in [1.54, 1.807) is 36.5 Å². The van der Waals surface area contributed by atoms with Crippen molar-refractivity contribution in [3.05, 3.63) is 71.9 Å². The minimum Gasteiger partial charge on any atom is -0.391 e. The molecule has 8 amide bonds. The largest absolute Gasteiger partial charge is 0.391 e. The van der Waals surface area contributed by atoms with Crippen molar-refractivity contribution < 1.29 is 43.5 Å². The van der Waals surface area contributed by atoms with Crippen LogP contribution in [0.15, 0.2) is 60.8 Å². The monoisotopic (exact) mass is 1010 g/mol. The number of unbranched alkanes of at least 4 members (excludes halogenated alkanes) is 2. The van der Waals surface area contributed by atoms with E-state index < -0.39 is 102 Å². The molecular weight excluding hydrogens is 941 g/mol. The van der Waals surface area contributed by atoms with Gasteiger partial charge >= 0.3 is 0 Å². The molecular formula is C47H68N12O9S2. The fraction of sp³-hybridized carbons (Fsp3) is 0.532. The number of amides is 8. The molecule has 1 aromatic heterocycles. The van der Waals surface area contributed by atoms with Gasteiger partial charge in [-0.3, -0.25) is 38.4 Å². The Morgan fingerprint density at radius 2 is 1.37 bits per heavy atom. The summed E-state index contributed by atoms with van der Waals surface area (Å²) in [6, 6.07) is 6.47. The minimum atomic E-state index is -1.65. The predicted octanol–water partition coefficient (Wildman–Crippen LogP) is -1.38. The summed E-state index contributed by atoms with van der Waals surface area (Å²) in [4.78, 5) is 115. The summed E-state index contributed by atoms with van der Waals surface area (Å²) in [5.41, 5.74) is 19.2. The van der Waals surface area contributed by atoms with Gasteiger partial charge in [0.1, 0.15) is 42.3 Å². The van der Waals surface area contributed by atoms with E-state index in [4.69, 9.17) is 17.2 Å². The Labute approximate surface area is 415 Å². The summed E-state index contributed by atoms with van der Waals surface area (Å²) in [5, 5.41) is 33.9. The zero-order chi connectivity index (χ0) is 50.6. The number of aliphatic hydroxyl groups is 1. The average Bonchev–Trinajstić information content (AvgIpc) is 4.04. The summed E-state index contributed by atoms with van der Waals surface area (Å²) in [5.74, 6) is -6.29. The van der Waals surface area contributed by atoms with Crippen molar-refractivity contribution in [1.82, 2.24) is 47.5 Å². The lowest BCUT2D eigenvalue weighted by Gasteiger charge is -2.29. The molecule has 2 fully saturated rings. The van der Waals surface area contributed by atoms with Crippen LogP contribution in [0, 0.1) is 0 Å². The third-order valence-corrected chi connectivity index (χ3v) is 14.5. The van der Waals surface area contributed by atoms with Gasteiger partial charge in [0.05, 0.1) is 12.1 Å². The van der Waals surface area contributed by atoms with Gasteiger partial charge in [0.2, 0.25) is 47.3 Å². The minimum absolute atomic E-state index is 0.00750. The van der Waals surface area contributed by atoms with Crippen LogP contribution in [-0.2, 0) is 51.2 Å². The molecule has 0 spiro atoms. The van der Waals surface area contributed by atoms with Crippen LogP contribution in [0.2, 0.25) is 0 Å². The van der Waals surface area contributed by atoms with Gasteiger partial charge in [-0.2, -0.15) is 0 Å². The van der Waals surface area contributed by atoms with Crippen molar-refractivity contribution in [2.75, 3.05) is 31.1 Å². The van der Waals surface area contributed by atoms with Crippen molar-refractivity contribution in [2.24, 2.45) is 17.2 Å². The number of H-pyrrole nitrogens is 1. The van der Waals surface area contributed by atoms with Crippen LogP contribution >= 0.6 is 21.6 Å². The number of nitrogens with two attached hydrogens (primary N) is 3. The number of rotatable bonds is 18. The van der Waals surface area contributed by atoms with Crippen molar-refractivity contribution in [2.45, 2.75) is 126 Å². The maximum absolute atomic E-state index is 14.7. The Kier molecular flexibility index (Phi) is 22.2. The van der Waals surface area contributed by atoms with Gasteiger partial charge in [0, 0.05) is 41.4 Å². The number of aromatic nitrogens is 1. The number of carbonyl (C=O) groups is 8. The van der Waals surface area contributed by atoms with Gasteiger partial charge in [-0.05, 0) is 95.1 Å². The van der Waals surface area contributed by atoms with Crippen LogP contribution in [0.1, 0.15) is 69.4 Å². The van der Waals surface area contributed by atoms with E-state index >= 15 is 0 Å². The van der Waals surface area contributed by atoms with E-state index in [1.165, 1.54) is 6.92 Å². The Morgan fingerprint density at radius 1 is 0.729 bits per heavy atom. The van der Waals surface area contributed by atoms with Gasteiger partial charge < -0.3 is 69.8 Å². The lowest BCUT2D eigenvalue weighted by Crippen LogP contribution is -2.62. The highest BCUT2D eigenvalue weighted by Crippen LogP contribution is 2.24. The lowest BCUT2D eigenvalue weighted by molar-refractivity contribution is -0.136. The molecule has 3 unspecified atom stereocenters.